The van der Waals surface area contributed by atoms with Gasteiger partial charge in [0, 0.05) is 19.4 Å². The predicted octanol–water partition coefficient (Wildman–Crippen LogP) is 1.25. The third kappa shape index (κ3) is 3.16. The second-order valence-electron chi connectivity index (χ2n) is 2.14. The number of methoxy groups -OCH3 is 1. The highest BCUT2D eigenvalue weighted by Crippen LogP contribution is 2.25. The Morgan fingerprint density at radius 1 is 1.78 bits per heavy atom. The molecule has 1 saturated carbocycles. The van der Waals surface area contributed by atoms with Gasteiger partial charge in [0.25, 0.3) is 0 Å². The third-order valence-corrected chi connectivity index (χ3v) is 1.19. The molecule has 9 heavy (non-hydrogen) atoms. The van der Waals surface area contributed by atoms with E-state index in [-0.39, 0.29) is 0 Å². The minimum absolute atomic E-state index is 0.613. The summed E-state index contributed by atoms with van der Waals surface area (Å²) >= 11 is 0. The summed E-state index contributed by atoms with van der Waals surface area (Å²) < 4.78 is 4.83. The van der Waals surface area contributed by atoms with Gasteiger partial charge in [-0.05, 0) is 12.8 Å². The van der Waals surface area contributed by atoms with Crippen molar-refractivity contribution in [3.63, 3.8) is 0 Å². The Morgan fingerprint density at radius 3 is 3.11 bits per heavy atom. The van der Waals surface area contributed by atoms with Crippen LogP contribution in [0.2, 0.25) is 0 Å². The first-order valence-corrected chi connectivity index (χ1v) is 3.24. The van der Waals surface area contributed by atoms with E-state index >= 15 is 0 Å². The van der Waals surface area contributed by atoms with Crippen LogP contribution < -0.4 is 0 Å². The molecule has 1 radical (unpaired) electrons. The van der Waals surface area contributed by atoms with Crippen LogP contribution in [-0.2, 0) is 4.74 Å². The zero-order valence-corrected chi connectivity index (χ0v) is 5.68. The van der Waals surface area contributed by atoms with Gasteiger partial charge in [0.2, 0.25) is 0 Å². The van der Waals surface area contributed by atoms with Crippen molar-refractivity contribution in [2.75, 3.05) is 13.7 Å². The van der Waals surface area contributed by atoms with Gasteiger partial charge in [-0.1, -0.05) is 5.92 Å². The molecular formula is C8H11O. The summed E-state index contributed by atoms with van der Waals surface area (Å²) in [6, 6.07) is 0. The second-order valence-corrected chi connectivity index (χ2v) is 2.14. The second kappa shape index (κ2) is 3.53. The van der Waals surface area contributed by atoms with Gasteiger partial charge in [0.05, 0.1) is 6.61 Å². The molecule has 0 amide bonds. The van der Waals surface area contributed by atoms with Crippen molar-refractivity contribution in [1.82, 2.24) is 0 Å². The zero-order chi connectivity index (χ0) is 6.53. The lowest BCUT2D eigenvalue weighted by atomic mass is 10.4. The lowest BCUT2D eigenvalue weighted by Crippen LogP contribution is -1.83. The summed E-state index contributed by atoms with van der Waals surface area (Å²) in [5, 5.41) is 0. The molecule has 0 N–H and O–H groups in total. The van der Waals surface area contributed by atoms with E-state index in [1.165, 1.54) is 6.42 Å². The largest absolute Gasteiger partial charge is 0.384 e. The maximum atomic E-state index is 4.83. The Balaban J connectivity index is 1.96. The van der Waals surface area contributed by atoms with Crippen molar-refractivity contribution in [3.8, 4) is 11.8 Å². The van der Waals surface area contributed by atoms with Gasteiger partial charge in [-0.25, -0.2) is 0 Å². The molecule has 0 heterocycles. The van der Waals surface area contributed by atoms with Crippen LogP contribution in [0.25, 0.3) is 0 Å². The van der Waals surface area contributed by atoms with Crippen LogP contribution in [0.4, 0.5) is 0 Å². The topological polar surface area (TPSA) is 9.23 Å². The lowest BCUT2D eigenvalue weighted by Gasteiger charge is -1.86. The Kier molecular flexibility index (Phi) is 2.60. The molecule has 49 valence electrons. The first-order valence-electron chi connectivity index (χ1n) is 3.24. The van der Waals surface area contributed by atoms with E-state index in [2.05, 4.69) is 18.3 Å². The van der Waals surface area contributed by atoms with E-state index in [0.717, 1.165) is 13.0 Å². The average molecular weight is 123 g/mol. The van der Waals surface area contributed by atoms with E-state index in [4.69, 9.17) is 4.74 Å². The van der Waals surface area contributed by atoms with Crippen LogP contribution in [-0.4, -0.2) is 13.7 Å². The first kappa shape index (κ1) is 6.64. The van der Waals surface area contributed by atoms with Crippen LogP contribution in [0, 0.1) is 24.2 Å². The molecule has 1 aliphatic carbocycles. The summed E-state index contributed by atoms with van der Waals surface area (Å²) in [5.41, 5.74) is 0. The van der Waals surface area contributed by atoms with Gasteiger partial charge in [-0.15, -0.1) is 5.92 Å². The molecule has 0 aromatic heterocycles. The molecule has 1 unspecified atom stereocenters. The molecule has 1 fully saturated rings. The van der Waals surface area contributed by atoms with E-state index < -0.39 is 0 Å². The highest BCUT2D eigenvalue weighted by atomic mass is 16.5. The van der Waals surface area contributed by atoms with E-state index in [1.807, 2.05) is 0 Å². The summed E-state index contributed by atoms with van der Waals surface area (Å²) in [6.45, 7) is 0.764. The van der Waals surface area contributed by atoms with Crippen LogP contribution in [0.1, 0.15) is 12.8 Å². The normalized spacial score (nSPS) is 16.6. The molecule has 0 bridgehead atoms. The average Bonchev–Trinajstić information content (AvgIpc) is 2.63. The molecule has 0 saturated heterocycles. The van der Waals surface area contributed by atoms with E-state index in [0.29, 0.717) is 5.92 Å². The summed E-state index contributed by atoms with van der Waals surface area (Å²) in [4.78, 5) is 0. The molecule has 0 aliphatic heterocycles. The van der Waals surface area contributed by atoms with E-state index in [9.17, 15) is 0 Å². The van der Waals surface area contributed by atoms with Crippen molar-refractivity contribution in [2.45, 2.75) is 12.8 Å². The summed E-state index contributed by atoms with van der Waals surface area (Å²) in [5.74, 6) is 6.76. The monoisotopic (exact) mass is 123 g/mol. The maximum Gasteiger partial charge on any atom is 0.0571 e. The number of hydrogen-bond donors (Lipinski definition) is 0. The summed E-state index contributed by atoms with van der Waals surface area (Å²) in [6.07, 6.45) is 4.28. The van der Waals surface area contributed by atoms with Gasteiger partial charge in [-0.3, -0.25) is 0 Å². The number of hydrogen-bond acceptors (Lipinski definition) is 1. The standard InChI is InChI=1S/C8H11O/c1-9-7-3-2-4-8-5-6-8/h5,8H,3,6-7H2,1H3. The fourth-order valence-corrected chi connectivity index (χ4v) is 0.542. The van der Waals surface area contributed by atoms with Crippen LogP contribution in [0.3, 0.4) is 0 Å². The minimum atomic E-state index is 0.613. The van der Waals surface area contributed by atoms with Gasteiger partial charge >= 0.3 is 0 Å². The van der Waals surface area contributed by atoms with Crippen LogP contribution in [0.15, 0.2) is 0 Å². The van der Waals surface area contributed by atoms with Crippen LogP contribution in [0.5, 0.6) is 0 Å². The van der Waals surface area contributed by atoms with Gasteiger partial charge in [0.1, 0.15) is 0 Å². The van der Waals surface area contributed by atoms with Crippen molar-refractivity contribution in [1.29, 1.82) is 0 Å². The maximum absolute atomic E-state index is 4.83. The van der Waals surface area contributed by atoms with Crippen molar-refractivity contribution >= 4 is 0 Å². The SMILES string of the molecule is COCCC#CC1[CH]C1. The Hall–Kier alpha value is -0.480. The molecule has 1 nitrogen and oxygen atoms in total. The highest BCUT2D eigenvalue weighted by molar-refractivity contribution is 5.17. The third-order valence-electron chi connectivity index (χ3n) is 1.19. The molecule has 0 aromatic carbocycles. The first-order chi connectivity index (χ1) is 4.43. The van der Waals surface area contributed by atoms with Gasteiger partial charge in [-0.2, -0.15) is 0 Å². The zero-order valence-electron chi connectivity index (χ0n) is 5.68. The minimum Gasteiger partial charge on any atom is -0.384 e. The van der Waals surface area contributed by atoms with Crippen molar-refractivity contribution < 1.29 is 4.74 Å². The smallest absolute Gasteiger partial charge is 0.0571 e. The predicted molar refractivity (Wildman–Crippen MR) is 36.7 cm³/mol. The fourth-order valence-electron chi connectivity index (χ4n) is 0.542. The molecule has 1 atom stereocenters. The Bertz CT molecular complexity index is 125. The molecule has 0 spiro atoms. The number of rotatable bonds is 2. The molecule has 1 rings (SSSR count). The quantitative estimate of drug-likeness (QED) is 0.396. The molecular weight excluding hydrogens is 112 g/mol. The lowest BCUT2D eigenvalue weighted by molar-refractivity contribution is 0.206. The molecule has 1 heteroatoms. The van der Waals surface area contributed by atoms with Gasteiger partial charge < -0.3 is 4.74 Å². The fraction of sp³-hybridized carbons (Fsp3) is 0.625. The number of ether oxygens (including phenoxy) is 1. The van der Waals surface area contributed by atoms with Gasteiger partial charge in [0.15, 0.2) is 0 Å². The van der Waals surface area contributed by atoms with Crippen LogP contribution >= 0.6 is 0 Å². The Morgan fingerprint density at radius 2 is 2.56 bits per heavy atom. The highest BCUT2D eigenvalue weighted by Gasteiger charge is 2.17. The Labute approximate surface area is 56.4 Å². The van der Waals surface area contributed by atoms with E-state index in [1.54, 1.807) is 7.11 Å². The molecule has 1 aliphatic rings. The molecule has 0 aromatic rings. The summed E-state index contributed by atoms with van der Waals surface area (Å²) in [7, 11) is 1.70. The van der Waals surface area contributed by atoms with Crippen molar-refractivity contribution in [3.05, 3.63) is 6.42 Å². The van der Waals surface area contributed by atoms with Crippen molar-refractivity contribution in [2.24, 2.45) is 5.92 Å².